The Morgan fingerprint density at radius 1 is 1.35 bits per heavy atom. The summed E-state index contributed by atoms with van der Waals surface area (Å²) in [4.78, 5) is 16.8. The third kappa shape index (κ3) is 3.33. The summed E-state index contributed by atoms with van der Waals surface area (Å²) in [6.45, 7) is 0.117. The van der Waals surface area contributed by atoms with Crippen LogP contribution in [0.1, 0.15) is 0 Å². The number of hydrogen-bond acceptors (Lipinski definition) is 3. The number of halogens is 2. The number of nitrogens with one attached hydrogen (secondary N) is 1. The molecule has 23 heavy (non-hydrogen) atoms. The van der Waals surface area contributed by atoms with E-state index in [2.05, 4.69) is 10.3 Å². The second-order valence-corrected chi connectivity index (χ2v) is 6.03. The Kier molecular flexibility index (Phi) is 4.54. The molecule has 1 heterocycles. The summed E-state index contributed by atoms with van der Waals surface area (Å²) in [5.74, 6) is -0.749. The van der Waals surface area contributed by atoms with Gasteiger partial charge in [0.1, 0.15) is 12.4 Å². The highest BCUT2D eigenvalue weighted by Gasteiger charge is 2.13. The highest BCUT2D eigenvalue weighted by atomic mass is 35.5. The molecule has 0 bridgehead atoms. The van der Waals surface area contributed by atoms with Gasteiger partial charge in [-0.25, -0.2) is 9.37 Å². The van der Waals surface area contributed by atoms with Crippen LogP contribution in [0, 0.1) is 5.82 Å². The van der Waals surface area contributed by atoms with Crippen molar-refractivity contribution in [3.8, 4) is 0 Å². The van der Waals surface area contributed by atoms with E-state index in [0.29, 0.717) is 5.69 Å². The summed E-state index contributed by atoms with van der Waals surface area (Å²) >= 11 is 7.20. The zero-order valence-electron chi connectivity index (χ0n) is 12.2. The van der Waals surface area contributed by atoms with Gasteiger partial charge in [-0.2, -0.15) is 0 Å². The Balaban J connectivity index is 1.83. The van der Waals surface area contributed by atoms with Gasteiger partial charge in [0.2, 0.25) is 5.91 Å². The van der Waals surface area contributed by atoms with Crippen LogP contribution in [0.25, 0.3) is 11.0 Å². The van der Waals surface area contributed by atoms with Crippen molar-refractivity contribution in [3.63, 3.8) is 0 Å². The Morgan fingerprint density at radius 3 is 2.87 bits per heavy atom. The number of benzene rings is 2. The number of nitrogens with zero attached hydrogens (tertiary/aromatic N) is 2. The van der Waals surface area contributed by atoms with Crippen molar-refractivity contribution in [1.82, 2.24) is 9.55 Å². The summed E-state index contributed by atoms with van der Waals surface area (Å²) in [5.41, 5.74) is 2.19. The number of fused-ring (bicyclic) bond motifs is 1. The first kappa shape index (κ1) is 15.8. The third-order valence-corrected chi connectivity index (χ3v) is 4.27. The van der Waals surface area contributed by atoms with E-state index in [9.17, 15) is 9.18 Å². The first-order valence-corrected chi connectivity index (χ1v) is 8.43. The van der Waals surface area contributed by atoms with E-state index in [1.165, 1.54) is 30.0 Å². The minimum atomic E-state index is -0.519. The molecule has 0 aliphatic heterocycles. The van der Waals surface area contributed by atoms with Gasteiger partial charge in [-0.05, 0) is 36.6 Å². The van der Waals surface area contributed by atoms with Crippen LogP contribution in [0.15, 0.2) is 47.6 Å². The minimum absolute atomic E-state index is 0.0271. The number of aromatic nitrogens is 2. The van der Waals surface area contributed by atoms with Crippen molar-refractivity contribution in [2.45, 2.75) is 11.7 Å². The predicted molar refractivity (Wildman–Crippen MR) is 91.6 cm³/mol. The number of carbonyl (C=O) groups excluding carboxylic acids is 1. The lowest BCUT2D eigenvalue weighted by atomic mass is 10.3. The monoisotopic (exact) mass is 349 g/mol. The van der Waals surface area contributed by atoms with Crippen molar-refractivity contribution in [3.05, 3.63) is 53.3 Å². The minimum Gasteiger partial charge on any atom is -0.324 e. The van der Waals surface area contributed by atoms with Crippen LogP contribution in [-0.2, 0) is 11.3 Å². The maximum absolute atomic E-state index is 13.2. The van der Waals surface area contributed by atoms with E-state index in [4.69, 9.17) is 11.6 Å². The smallest absolute Gasteiger partial charge is 0.244 e. The molecule has 0 saturated heterocycles. The number of hydrogen-bond donors (Lipinski definition) is 1. The second kappa shape index (κ2) is 6.60. The van der Waals surface area contributed by atoms with Gasteiger partial charge in [-0.3, -0.25) is 4.79 Å². The molecule has 7 heteroatoms. The van der Waals surface area contributed by atoms with Gasteiger partial charge in [-0.15, -0.1) is 0 Å². The predicted octanol–water partition coefficient (Wildman–Crippen LogP) is 4.19. The molecule has 3 rings (SSSR count). The molecule has 1 amide bonds. The number of amides is 1. The second-order valence-electron chi connectivity index (χ2n) is 4.85. The molecular weight excluding hydrogens is 337 g/mol. The van der Waals surface area contributed by atoms with Crippen LogP contribution < -0.4 is 5.32 Å². The molecule has 2 aromatic carbocycles. The van der Waals surface area contributed by atoms with Gasteiger partial charge < -0.3 is 9.88 Å². The molecule has 4 nitrogen and oxygen atoms in total. The summed E-state index contributed by atoms with van der Waals surface area (Å²) < 4.78 is 15.0. The molecule has 0 aliphatic carbocycles. The number of para-hydroxylation sites is 2. The van der Waals surface area contributed by atoms with Crippen LogP contribution in [0.3, 0.4) is 0 Å². The van der Waals surface area contributed by atoms with Crippen molar-refractivity contribution < 1.29 is 9.18 Å². The van der Waals surface area contributed by atoms with Gasteiger partial charge in [0.15, 0.2) is 5.16 Å². The molecule has 0 spiro atoms. The van der Waals surface area contributed by atoms with E-state index in [1.807, 2.05) is 35.1 Å². The molecule has 3 aromatic rings. The maximum Gasteiger partial charge on any atom is 0.244 e. The lowest BCUT2D eigenvalue weighted by Crippen LogP contribution is -2.19. The van der Waals surface area contributed by atoms with Gasteiger partial charge in [0.25, 0.3) is 0 Å². The topological polar surface area (TPSA) is 46.9 Å². The Hall–Kier alpha value is -2.05. The largest absolute Gasteiger partial charge is 0.324 e. The average molecular weight is 350 g/mol. The van der Waals surface area contributed by atoms with Gasteiger partial charge >= 0.3 is 0 Å². The standard InChI is InChI=1S/C16H13ClFN3OS/c1-23-16-20-13-4-2-3-5-14(13)21(16)9-15(22)19-10-6-7-12(18)11(17)8-10/h2-8H,9H2,1H3,(H,19,22). The van der Waals surface area contributed by atoms with Crippen molar-refractivity contribution >= 4 is 46.0 Å². The molecule has 0 unspecified atom stereocenters. The van der Waals surface area contributed by atoms with E-state index in [1.54, 1.807) is 0 Å². The fraction of sp³-hybridized carbons (Fsp3) is 0.125. The molecule has 0 radical (unpaired) electrons. The van der Waals surface area contributed by atoms with Gasteiger partial charge in [0, 0.05) is 5.69 Å². The summed E-state index contributed by atoms with van der Waals surface area (Å²) in [5, 5.41) is 3.45. The third-order valence-electron chi connectivity index (χ3n) is 3.31. The van der Waals surface area contributed by atoms with Gasteiger partial charge in [-0.1, -0.05) is 35.5 Å². The van der Waals surface area contributed by atoms with Crippen LogP contribution in [0.4, 0.5) is 10.1 Å². The van der Waals surface area contributed by atoms with E-state index < -0.39 is 5.82 Å². The Morgan fingerprint density at radius 2 is 2.13 bits per heavy atom. The van der Waals surface area contributed by atoms with Crippen LogP contribution >= 0.6 is 23.4 Å². The van der Waals surface area contributed by atoms with E-state index in [0.717, 1.165) is 16.2 Å². The average Bonchev–Trinajstić information content (AvgIpc) is 2.89. The summed E-state index contributed by atoms with van der Waals surface area (Å²) in [6.07, 6.45) is 1.91. The molecule has 1 N–H and O–H groups in total. The molecule has 118 valence electrons. The number of imidazole rings is 1. The first-order chi connectivity index (χ1) is 11.1. The molecule has 0 saturated carbocycles. The van der Waals surface area contributed by atoms with E-state index in [-0.39, 0.29) is 17.5 Å². The van der Waals surface area contributed by atoms with E-state index >= 15 is 0 Å². The lowest BCUT2D eigenvalue weighted by Gasteiger charge is -2.09. The number of thioether (sulfide) groups is 1. The number of carbonyl (C=O) groups is 1. The quantitative estimate of drug-likeness (QED) is 0.718. The number of anilines is 1. The fourth-order valence-corrected chi connectivity index (χ4v) is 3.03. The molecule has 1 aromatic heterocycles. The summed E-state index contributed by atoms with van der Waals surface area (Å²) in [7, 11) is 0. The normalized spacial score (nSPS) is 10.9. The molecule has 0 fully saturated rings. The first-order valence-electron chi connectivity index (χ1n) is 6.82. The van der Waals surface area contributed by atoms with Crippen LogP contribution in [0.2, 0.25) is 5.02 Å². The summed E-state index contributed by atoms with van der Waals surface area (Å²) in [6, 6.07) is 11.7. The van der Waals surface area contributed by atoms with Crippen LogP contribution in [-0.4, -0.2) is 21.7 Å². The van der Waals surface area contributed by atoms with Gasteiger partial charge in [0.05, 0.1) is 16.1 Å². The Labute approximate surface area is 141 Å². The zero-order chi connectivity index (χ0) is 16.4. The Bertz CT molecular complexity index is 881. The fourth-order valence-electron chi connectivity index (χ4n) is 2.28. The SMILES string of the molecule is CSc1nc2ccccc2n1CC(=O)Nc1ccc(F)c(Cl)c1. The van der Waals surface area contributed by atoms with Crippen molar-refractivity contribution in [2.75, 3.05) is 11.6 Å². The molecular formula is C16H13ClFN3OS. The zero-order valence-corrected chi connectivity index (χ0v) is 13.8. The lowest BCUT2D eigenvalue weighted by molar-refractivity contribution is -0.116. The molecule has 0 aliphatic rings. The number of rotatable bonds is 4. The van der Waals surface area contributed by atoms with Crippen LogP contribution in [0.5, 0.6) is 0 Å². The molecule has 0 atom stereocenters. The van der Waals surface area contributed by atoms with Crippen molar-refractivity contribution in [1.29, 1.82) is 0 Å². The highest BCUT2D eigenvalue weighted by Crippen LogP contribution is 2.23. The van der Waals surface area contributed by atoms with Crippen molar-refractivity contribution in [2.24, 2.45) is 0 Å². The highest BCUT2D eigenvalue weighted by molar-refractivity contribution is 7.98. The maximum atomic E-state index is 13.2.